The minimum atomic E-state index is 0.540. The second kappa shape index (κ2) is 7.25. The van der Waals surface area contributed by atoms with E-state index in [9.17, 15) is 0 Å². The Morgan fingerprint density at radius 2 is 1.68 bits per heavy atom. The van der Waals surface area contributed by atoms with Crippen LogP contribution in [0.3, 0.4) is 0 Å². The lowest BCUT2D eigenvalue weighted by molar-refractivity contribution is 0.840. The Balaban J connectivity index is 2.22. The van der Waals surface area contributed by atoms with Crippen LogP contribution in [0.15, 0.2) is 30.3 Å². The van der Waals surface area contributed by atoms with Gasteiger partial charge in [0.15, 0.2) is 0 Å². The Labute approximate surface area is 133 Å². The third-order valence-electron chi connectivity index (χ3n) is 3.76. The highest BCUT2D eigenvalue weighted by Crippen LogP contribution is 2.21. The molecule has 0 fully saturated rings. The number of rotatable bonds is 6. The molecule has 0 aliphatic heterocycles. The van der Waals surface area contributed by atoms with Crippen molar-refractivity contribution in [3.05, 3.63) is 41.6 Å². The van der Waals surface area contributed by atoms with Crippen LogP contribution in [0.5, 0.6) is 0 Å². The SMILES string of the molecule is CCN(CC)c1cc(C)nc(Nc2ccc(C(C)C)cc2)n1. The van der Waals surface area contributed by atoms with E-state index >= 15 is 0 Å². The third-order valence-corrected chi connectivity index (χ3v) is 3.76. The molecule has 0 radical (unpaired) electrons. The van der Waals surface area contributed by atoms with E-state index in [2.05, 4.69) is 72.1 Å². The predicted octanol–water partition coefficient (Wildman–Crippen LogP) is 4.50. The zero-order valence-corrected chi connectivity index (χ0v) is 14.2. The van der Waals surface area contributed by atoms with E-state index in [0.29, 0.717) is 11.9 Å². The molecule has 4 nitrogen and oxygen atoms in total. The average molecular weight is 298 g/mol. The first-order valence-electron chi connectivity index (χ1n) is 8.01. The van der Waals surface area contributed by atoms with Crippen molar-refractivity contribution < 1.29 is 0 Å². The summed E-state index contributed by atoms with van der Waals surface area (Å²) in [6.45, 7) is 12.6. The van der Waals surface area contributed by atoms with E-state index in [1.807, 2.05) is 13.0 Å². The van der Waals surface area contributed by atoms with Crippen molar-refractivity contribution in [3.8, 4) is 0 Å². The van der Waals surface area contributed by atoms with Gasteiger partial charge in [-0.05, 0) is 44.4 Å². The lowest BCUT2D eigenvalue weighted by atomic mass is 10.0. The zero-order valence-electron chi connectivity index (χ0n) is 14.2. The van der Waals surface area contributed by atoms with E-state index in [4.69, 9.17) is 0 Å². The fraction of sp³-hybridized carbons (Fsp3) is 0.444. The molecule has 0 saturated heterocycles. The standard InChI is InChI=1S/C18H26N4/c1-6-22(7-2)17-12-14(5)19-18(21-17)20-16-10-8-15(9-11-16)13(3)4/h8-13H,6-7H2,1-5H3,(H,19,20,21). The van der Waals surface area contributed by atoms with Crippen molar-refractivity contribution in [2.75, 3.05) is 23.3 Å². The smallest absolute Gasteiger partial charge is 0.229 e. The van der Waals surface area contributed by atoms with E-state index < -0.39 is 0 Å². The second-order valence-electron chi connectivity index (χ2n) is 5.77. The van der Waals surface area contributed by atoms with Crippen LogP contribution >= 0.6 is 0 Å². The minimum absolute atomic E-state index is 0.540. The number of aryl methyl sites for hydroxylation is 1. The average Bonchev–Trinajstić information content (AvgIpc) is 2.48. The van der Waals surface area contributed by atoms with Crippen LogP contribution in [0.1, 0.15) is 44.9 Å². The lowest BCUT2D eigenvalue weighted by Crippen LogP contribution is -2.23. The highest BCUT2D eigenvalue weighted by atomic mass is 15.2. The minimum Gasteiger partial charge on any atom is -0.357 e. The van der Waals surface area contributed by atoms with Crippen LogP contribution < -0.4 is 10.2 Å². The van der Waals surface area contributed by atoms with Gasteiger partial charge in [0.1, 0.15) is 5.82 Å². The maximum absolute atomic E-state index is 4.63. The molecule has 4 heteroatoms. The molecular formula is C18H26N4. The fourth-order valence-corrected chi connectivity index (χ4v) is 2.40. The van der Waals surface area contributed by atoms with E-state index in [-0.39, 0.29) is 0 Å². The highest BCUT2D eigenvalue weighted by Gasteiger charge is 2.08. The first-order chi connectivity index (χ1) is 10.5. The van der Waals surface area contributed by atoms with Gasteiger partial charge in [-0.15, -0.1) is 0 Å². The molecule has 0 unspecified atom stereocenters. The van der Waals surface area contributed by atoms with Gasteiger partial charge in [-0.1, -0.05) is 26.0 Å². The van der Waals surface area contributed by atoms with Gasteiger partial charge in [0, 0.05) is 30.5 Å². The van der Waals surface area contributed by atoms with Crippen molar-refractivity contribution in [1.29, 1.82) is 0 Å². The van der Waals surface area contributed by atoms with E-state index in [0.717, 1.165) is 30.3 Å². The van der Waals surface area contributed by atoms with Crippen LogP contribution in [0.2, 0.25) is 0 Å². The normalized spacial score (nSPS) is 10.8. The van der Waals surface area contributed by atoms with Gasteiger partial charge in [-0.25, -0.2) is 4.98 Å². The number of benzene rings is 1. The Hall–Kier alpha value is -2.10. The fourth-order valence-electron chi connectivity index (χ4n) is 2.40. The molecule has 118 valence electrons. The Kier molecular flexibility index (Phi) is 5.36. The van der Waals surface area contributed by atoms with Gasteiger partial charge in [0.2, 0.25) is 5.95 Å². The summed E-state index contributed by atoms with van der Waals surface area (Å²) in [5.74, 6) is 2.16. The van der Waals surface area contributed by atoms with Crippen LogP contribution in [0.4, 0.5) is 17.5 Å². The summed E-state index contributed by atoms with van der Waals surface area (Å²) in [6, 6.07) is 10.5. The van der Waals surface area contributed by atoms with E-state index in [1.165, 1.54) is 5.56 Å². The third kappa shape index (κ3) is 3.97. The van der Waals surface area contributed by atoms with Gasteiger partial charge in [0.25, 0.3) is 0 Å². The zero-order chi connectivity index (χ0) is 16.1. The maximum Gasteiger partial charge on any atom is 0.229 e. The van der Waals surface area contributed by atoms with Crippen molar-refractivity contribution in [1.82, 2.24) is 9.97 Å². The topological polar surface area (TPSA) is 41.1 Å². The summed E-state index contributed by atoms with van der Waals surface area (Å²) in [4.78, 5) is 11.3. The molecular weight excluding hydrogens is 272 g/mol. The predicted molar refractivity (Wildman–Crippen MR) is 94.1 cm³/mol. The second-order valence-corrected chi connectivity index (χ2v) is 5.77. The molecule has 0 spiro atoms. The first-order valence-corrected chi connectivity index (χ1v) is 8.01. The number of hydrogen-bond donors (Lipinski definition) is 1. The van der Waals surface area contributed by atoms with E-state index in [1.54, 1.807) is 0 Å². The summed E-state index contributed by atoms with van der Waals surface area (Å²) in [5, 5.41) is 3.31. The van der Waals surface area contributed by atoms with Crippen molar-refractivity contribution in [2.45, 2.75) is 40.5 Å². The molecule has 0 aliphatic carbocycles. The quantitative estimate of drug-likeness (QED) is 0.852. The van der Waals surface area contributed by atoms with Crippen molar-refractivity contribution >= 4 is 17.5 Å². The number of aromatic nitrogens is 2. The number of hydrogen-bond acceptors (Lipinski definition) is 4. The Morgan fingerprint density at radius 1 is 1.05 bits per heavy atom. The molecule has 1 aromatic heterocycles. The first kappa shape index (κ1) is 16.3. The van der Waals surface area contributed by atoms with Gasteiger partial charge in [-0.3, -0.25) is 0 Å². The Morgan fingerprint density at radius 3 is 2.23 bits per heavy atom. The number of nitrogens with zero attached hydrogens (tertiary/aromatic N) is 3. The van der Waals surface area contributed by atoms with Gasteiger partial charge in [-0.2, -0.15) is 4.98 Å². The monoisotopic (exact) mass is 298 g/mol. The molecule has 0 aliphatic rings. The summed E-state index contributed by atoms with van der Waals surface area (Å²) >= 11 is 0. The van der Waals surface area contributed by atoms with Crippen LogP contribution in [0.25, 0.3) is 0 Å². The van der Waals surface area contributed by atoms with Crippen LogP contribution in [-0.4, -0.2) is 23.1 Å². The largest absolute Gasteiger partial charge is 0.357 e. The van der Waals surface area contributed by atoms with Crippen molar-refractivity contribution in [2.24, 2.45) is 0 Å². The highest BCUT2D eigenvalue weighted by molar-refractivity contribution is 5.56. The molecule has 0 amide bonds. The number of anilines is 3. The molecule has 0 saturated carbocycles. The molecule has 0 bridgehead atoms. The molecule has 1 heterocycles. The van der Waals surface area contributed by atoms with Gasteiger partial charge in [0.05, 0.1) is 0 Å². The van der Waals surface area contributed by atoms with Gasteiger partial charge >= 0.3 is 0 Å². The summed E-state index contributed by atoms with van der Waals surface area (Å²) in [5.41, 5.74) is 3.32. The summed E-state index contributed by atoms with van der Waals surface area (Å²) in [6.07, 6.45) is 0. The molecule has 2 rings (SSSR count). The molecule has 0 atom stereocenters. The summed E-state index contributed by atoms with van der Waals surface area (Å²) in [7, 11) is 0. The maximum atomic E-state index is 4.63. The van der Waals surface area contributed by atoms with Gasteiger partial charge < -0.3 is 10.2 Å². The Bertz CT molecular complexity index is 601. The molecule has 1 N–H and O–H groups in total. The number of nitrogens with one attached hydrogen (secondary N) is 1. The van der Waals surface area contributed by atoms with Crippen LogP contribution in [0, 0.1) is 6.92 Å². The molecule has 22 heavy (non-hydrogen) atoms. The van der Waals surface area contributed by atoms with Crippen molar-refractivity contribution in [3.63, 3.8) is 0 Å². The van der Waals surface area contributed by atoms with Crippen LogP contribution in [-0.2, 0) is 0 Å². The molecule has 1 aromatic carbocycles. The lowest BCUT2D eigenvalue weighted by Gasteiger charge is -2.20. The summed E-state index contributed by atoms with van der Waals surface area (Å²) < 4.78 is 0. The molecule has 2 aromatic rings.